The van der Waals surface area contributed by atoms with Crippen molar-refractivity contribution >= 4 is 23.3 Å². The molecule has 2 heterocycles. The summed E-state index contributed by atoms with van der Waals surface area (Å²) in [5.74, 6) is 0.657. The van der Waals surface area contributed by atoms with Gasteiger partial charge < -0.3 is 10.2 Å². The van der Waals surface area contributed by atoms with Crippen LogP contribution in [0.2, 0.25) is 5.15 Å². The van der Waals surface area contributed by atoms with Crippen LogP contribution in [0.15, 0.2) is 12.1 Å². The second-order valence-electron chi connectivity index (χ2n) is 5.77. The SMILES string of the molecule is CNc1cc(C(=O)N2CCC(C)(C)CC2)cc(Cl)n1. The number of piperidine rings is 1. The number of likely N-dealkylation sites (tertiary alicyclic amines) is 1. The number of carbonyl (C=O) groups excluding carboxylic acids is 1. The number of hydrogen-bond donors (Lipinski definition) is 1. The molecule has 0 saturated carbocycles. The monoisotopic (exact) mass is 281 g/mol. The van der Waals surface area contributed by atoms with Crippen molar-refractivity contribution in [1.29, 1.82) is 0 Å². The number of nitrogens with zero attached hydrogens (tertiary/aromatic N) is 2. The lowest BCUT2D eigenvalue weighted by Gasteiger charge is -2.37. The van der Waals surface area contributed by atoms with Gasteiger partial charge in [-0.3, -0.25) is 4.79 Å². The van der Waals surface area contributed by atoms with Gasteiger partial charge >= 0.3 is 0 Å². The van der Waals surface area contributed by atoms with E-state index in [9.17, 15) is 4.79 Å². The van der Waals surface area contributed by atoms with Gasteiger partial charge in [0.05, 0.1) is 0 Å². The van der Waals surface area contributed by atoms with Gasteiger partial charge in [-0.1, -0.05) is 25.4 Å². The number of pyridine rings is 1. The lowest BCUT2D eigenvalue weighted by molar-refractivity contribution is 0.0630. The van der Waals surface area contributed by atoms with Crippen LogP contribution in [0.4, 0.5) is 5.82 Å². The van der Waals surface area contributed by atoms with E-state index >= 15 is 0 Å². The molecular formula is C14H20ClN3O. The summed E-state index contributed by atoms with van der Waals surface area (Å²) in [6.07, 6.45) is 2.08. The van der Waals surface area contributed by atoms with Crippen molar-refractivity contribution in [3.63, 3.8) is 0 Å². The van der Waals surface area contributed by atoms with Crippen LogP contribution in [0.1, 0.15) is 37.0 Å². The Labute approximate surface area is 119 Å². The molecule has 1 aliphatic heterocycles. The highest BCUT2D eigenvalue weighted by Crippen LogP contribution is 2.30. The Balaban J connectivity index is 2.14. The number of anilines is 1. The van der Waals surface area contributed by atoms with Gasteiger partial charge in [-0.2, -0.15) is 0 Å². The maximum atomic E-state index is 12.4. The maximum Gasteiger partial charge on any atom is 0.254 e. The molecule has 1 N–H and O–H groups in total. The highest BCUT2D eigenvalue weighted by Gasteiger charge is 2.28. The maximum absolute atomic E-state index is 12.4. The van der Waals surface area contributed by atoms with Crippen LogP contribution in [0, 0.1) is 5.41 Å². The summed E-state index contributed by atoms with van der Waals surface area (Å²) < 4.78 is 0. The Kier molecular flexibility index (Phi) is 3.99. The average Bonchev–Trinajstić information content (AvgIpc) is 2.37. The molecule has 2 rings (SSSR count). The number of halogens is 1. The molecule has 1 aromatic heterocycles. The molecule has 104 valence electrons. The highest BCUT2D eigenvalue weighted by molar-refractivity contribution is 6.29. The van der Waals surface area contributed by atoms with Crippen LogP contribution >= 0.6 is 11.6 Å². The molecule has 1 saturated heterocycles. The molecular weight excluding hydrogens is 262 g/mol. The van der Waals surface area contributed by atoms with Crippen molar-refractivity contribution in [1.82, 2.24) is 9.88 Å². The molecule has 0 aromatic carbocycles. The zero-order valence-corrected chi connectivity index (χ0v) is 12.4. The van der Waals surface area contributed by atoms with Crippen molar-refractivity contribution in [2.24, 2.45) is 5.41 Å². The lowest BCUT2D eigenvalue weighted by atomic mass is 9.82. The number of rotatable bonds is 2. The molecule has 1 fully saturated rings. The number of hydrogen-bond acceptors (Lipinski definition) is 3. The lowest BCUT2D eigenvalue weighted by Crippen LogP contribution is -2.41. The quantitative estimate of drug-likeness (QED) is 0.848. The van der Waals surface area contributed by atoms with E-state index in [2.05, 4.69) is 24.1 Å². The smallest absolute Gasteiger partial charge is 0.254 e. The normalized spacial score (nSPS) is 18.2. The Morgan fingerprint density at radius 2 is 2.00 bits per heavy atom. The third-order valence-corrected chi connectivity index (χ3v) is 3.90. The first-order valence-electron chi connectivity index (χ1n) is 6.56. The molecule has 1 aliphatic rings. The van der Waals surface area contributed by atoms with Gasteiger partial charge in [0.1, 0.15) is 11.0 Å². The molecule has 5 heteroatoms. The fourth-order valence-electron chi connectivity index (χ4n) is 2.25. The molecule has 0 unspecified atom stereocenters. The van der Waals surface area contributed by atoms with E-state index in [1.54, 1.807) is 19.2 Å². The van der Waals surface area contributed by atoms with Crippen LogP contribution in [0.5, 0.6) is 0 Å². The minimum atomic E-state index is 0.0382. The number of carbonyl (C=O) groups is 1. The van der Waals surface area contributed by atoms with Crippen LogP contribution in [0.25, 0.3) is 0 Å². The standard InChI is InChI=1S/C14H20ClN3O/c1-14(2)4-6-18(7-5-14)13(19)10-8-11(15)17-12(9-10)16-3/h8-9H,4-7H2,1-3H3,(H,16,17). The van der Waals surface area contributed by atoms with Gasteiger partial charge in [-0.25, -0.2) is 4.98 Å². The van der Waals surface area contributed by atoms with Gasteiger partial charge in [0, 0.05) is 25.7 Å². The number of aromatic nitrogens is 1. The van der Waals surface area contributed by atoms with Gasteiger partial charge in [0.15, 0.2) is 0 Å². The van der Waals surface area contributed by atoms with Crippen LogP contribution in [-0.2, 0) is 0 Å². The van der Waals surface area contributed by atoms with E-state index in [0.29, 0.717) is 21.9 Å². The van der Waals surface area contributed by atoms with Gasteiger partial charge in [-0.15, -0.1) is 0 Å². The number of amides is 1. The first-order valence-corrected chi connectivity index (χ1v) is 6.94. The van der Waals surface area contributed by atoms with Crippen molar-refractivity contribution in [2.75, 3.05) is 25.5 Å². The Morgan fingerprint density at radius 3 is 2.58 bits per heavy atom. The molecule has 0 spiro atoms. The molecule has 1 amide bonds. The Hall–Kier alpha value is -1.29. The van der Waals surface area contributed by atoms with E-state index in [4.69, 9.17) is 11.6 Å². The van der Waals surface area contributed by atoms with Gasteiger partial charge in [-0.05, 0) is 30.4 Å². The summed E-state index contributed by atoms with van der Waals surface area (Å²) in [5.41, 5.74) is 0.937. The third-order valence-electron chi connectivity index (χ3n) is 3.70. The van der Waals surface area contributed by atoms with Crippen molar-refractivity contribution in [3.8, 4) is 0 Å². The Bertz CT molecular complexity index is 478. The Morgan fingerprint density at radius 1 is 1.37 bits per heavy atom. The third kappa shape index (κ3) is 3.38. The molecule has 0 bridgehead atoms. The summed E-state index contributed by atoms with van der Waals surface area (Å²) in [5, 5.41) is 3.25. The van der Waals surface area contributed by atoms with Gasteiger partial charge in [0.25, 0.3) is 5.91 Å². The van der Waals surface area contributed by atoms with Crippen LogP contribution < -0.4 is 5.32 Å². The minimum Gasteiger partial charge on any atom is -0.373 e. The first-order chi connectivity index (χ1) is 8.91. The highest BCUT2D eigenvalue weighted by atomic mass is 35.5. The van der Waals surface area contributed by atoms with Crippen LogP contribution in [-0.4, -0.2) is 35.9 Å². The zero-order chi connectivity index (χ0) is 14.0. The fourth-order valence-corrected chi connectivity index (χ4v) is 2.45. The van der Waals surface area contributed by atoms with E-state index in [1.165, 1.54) is 0 Å². The topological polar surface area (TPSA) is 45.2 Å². The van der Waals surface area contributed by atoms with E-state index in [0.717, 1.165) is 25.9 Å². The van der Waals surface area contributed by atoms with E-state index in [-0.39, 0.29) is 5.91 Å². The molecule has 0 aliphatic carbocycles. The predicted molar refractivity (Wildman–Crippen MR) is 77.7 cm³/mol. The minimum absolute atomic E-state index is 0.0382. The second kappa shape index (κ2) is 5.37. The molecule has 19 heavy (non-hydrogen) atoms. The van der Waals surface area contributed by atoms with Crippen molar-refractivity contribution in [3.05, 3.63) is 22.8 Å². The average molecular weight is 282 g/mol. The zero-order valence-electron chi connectivity index (χ0n) is 11.7. The van der Waals surface area contributed by atoms with Crippen LogP contribution in [0.3, 0.4) is 0 Å². The summed E-state index contributed by atoms with van der Waals surface area (Å²) >= 11 is 5.94. The fraction of sp³-hybridized carbons (Fsp3) is 0.571. The summed E-state index contributed by atoms with van der Waals surface area (Å²) in [6.45, 7) is 6.11. The van der Waals surface area contributed by atoms with E-state index in [1.807, 2.05) is 4.90 Å². The molecule has 4 nitrogen and oxygen atoms in total. The summed E-state index contributed by atoms with van der Waals surface area (Å²) in [4.78, 5) is 18.4. The largest absolute Gasteiger partial charge is 0.373 e. The van der Waals surface area contributed by atoms with E-state index < -0.39 is 0 Å². The first kappa shape index (κ1) is 14.1. The van der Waals surface area contributed by atoms with Crippen molar-refractivity contribution < 1.29 is 4.79 Å². The van der Waals surface area contributed by atoms with Gasteiger partial charge in [0.2, 0.25) is 0 Å². The predicted octanol–water partition coefficient (Wildman–Crippen LogP) is 3.04. The summed E-state index contributed by atoms with van der Waals surface area (Å²) in [6, 6.07) is 3.37. The summed E-state index contributed by atoms with van der Waals surface area (Å²) in [7, 11) is 1.76. The molecule has 0 radical (unpaired) electrons. The molecule has 1 aromatic rings. The second-order valence-corrected chi connectivity index (χ2v) is 6.16. The van der Waals surface area contributed by atoms with Crippen molar-refractivity contribution in [2.45, 2.75) is 26.7 Å². The molecule has 0 atom stereocenters. The number of nitrogens with one attached hydrogen (secondary N) is 1.